The highest BCUT2D eigenvalue weighted by molar-refractivity contribution is 5.93. The zero-order valence-corrected chi connectivity index (χ0v) is 12.8. The predicted molar refractivity (Wildman–Crippen MR) is 74.4 cm³/mol. The second-order valence-electron chi connectivity index (χ2n) is 4.27. The summed E-state index contributed by atoms with van der Waals surface area (Å²) >= 11 is 0. The second kappa shape index (κ2) is 8.68. The van der Waals surface area contributed by atoms with Gasteiger partial charge in [-0.05, 0) is 12.1 Å². The third-order valence-electron chi connectivity index (χ3n) is 2.63. The number of aromatic nitrogens is 2. The van der Waals surface area contributed by atoms with E-state index >= 15 is 0 Å². The van der Waals surface area contributed by atoms with E-state index in [-0.39, 0.29) is 0 Å². The fraction of sp³-hybridized carbons (Fsp3) is 0.143. The lowest BCUT2D eigenvalue weighted by Gasteiger charge is -2.13. The largest absolute Gasteiger partial charge is 0.478 e. The van der Waals surface area contributed by atoms with Gasteiger partial charge in [-0.1, -0.05) is 0 Å². The maximum absolute atomic E-state index is 12.9. The average Bonchev–Trinajstić information content (AvgIpc) is 2.58. The predicted octanol–water partition coefficient (Wildman–Crippen LogP) is 2.05. The summed E-state index contributed by atoms with van der Waals surface area (Å²) in [6, 6.07) is 1.34. The number of carbonyl (C=O) groups excluding carboxylic acids is 1. The van der Waals surface area contributed by atoms with Gasteiger partial charge in [-0.2, -0.15) is 8.78 Å². The van der Waals surface area contributed by atoms with E-state index in [0.717, 1.165) is 11.1 Å². The van der Waals surface area contributed by atoms with Crippen molar-refractivity contribution in [1.29, 1.82) is 0 Å². The van der Waals surface area contributed by atoms with Gasteiger partial charge in [0, 0.05) is 7.05 Å². The molecular weight excluding hydrogens is 350 g/mol. The number of carbonyl (C=O) groups is 2. The molecule has 0 aromatic carbocycles. The molecule has 0 aliphatic carbocycles. The van der Waals surface area contributed by atoms with Crippen LogP contribution in [0.4, 0.5) is 17.6 Å². The summed E-state index contributed by atoms with van der Waals surface area (Å²) in [7, 11) is 2.52. The van der Waals surface area contributed by atoms with Crippen LogP contribution in [-0.4, -0.2) is 46.2 Å². The summed E-state index contributed by atoms with van der Waals surface area (Å²) in [5.41, 5.74) is -1.22. The summed E-state index contributed by atoms with van der Waals surface area (Å²) < 4.78 is 50.1. The van der Waals surface area contributed by atoms with Crippen molar-refractivity contribution in [3.63, 3.8) is 0 Å². The Morgan fingerprint density at radius 1 is 1.00 bits per heavy atom. The monoisotopic (exact) mass is 361 g/mol. The molecule has 1 N–H and O–H groups in total. The lowest BCUT2D eigenvalue weighted by molar-refractivity contribution is -0.0760. The van der Waals surface area contributed by atoms with E-state index in [9.17, 15) is 27.2 Å². The molecule has 11 heteroatoms. The van der Waals surface area contributed by atoms with Crippen LogP contribution in [0.25, 0.3) is 0 Å². The summed E-state index contributed by atoms with van der Waals surface area (Å²) in [4.78, 5) is 31.9. The molecule has 0 aliphatic heterocycles. The van der Waals surface area contributed by atoms with Crippen LogP contribution in [0, 0.1) is 23.5 Å². The van der Waals surface area contributed by atoms with Gasteiger partial charge in [-0.15, -0.1) is 0 Å². The molecule has 0 unspecified atom stereocenters. The number of rotatable bonds is 3. The quantitative estimate of drug-likeness (QED) is 0.511. The molecular formula is C14H11F4N3O4. The first-order valence-corrected chi connectivity index (χ1v) is 6.35. The Bertz CT molecular complexity index is 789. The summed E-state index contributed by atoms with van der Waals surface area (Å²) in [5.74, 6) is -6.19. The van der Waals surface area contributed by atoms with E-state index in [1.165, 1.54) is 14.2 Å². The van der Waals surface area contributed by atoms with Crippen molar-refractivity contribution in [2.24, 2.45) is 0 Å². The van der Waals surface area contributed by atoms with Crippen molar-refractivity contribution in [2.75, 3.05) is 14.2 Å². The molecule has 0 atom stereocenters. The highest BCUT2D eigenvalue weighted by Crippen LogP contribution is 2.09. The second-order valence-corrected chi connectivity index (χ2v) is 4.27. The summed E-state index contributed by atoms with van der Waals surface area (Å²) in [6.45, 7) is 0. The number of hydrogen-bond donors (Lipinski definition) is 1. The minimum Gasteiger partial charge on any atom is -0.478 e. The van der Waals surface area contributed by atoms with E-state index < -0.39 is 46.5 Å². The minimum absolute atomic E-state index is 0.464. The number of halogens is 4. The van der Waals surface area contributed by atoms with Gasteiger partial charge in [0.1, 0.15) is 17.2 Å². The molecule has 2 rings (SSSR count). The number of carboxylic acid groups (broad SMARTS) is 1. The highest BCUT2D eigenvalue weighted by atomic mass is 19.1. The fourth-order valence-corrected chi connectivity index (χ4v) is 1.40. The third kappa shape index (κ3) is 5.49. The van der Waals surface area contributed by atoms with Gasteiger partial charge in [-0.25, -0.2) is 28.6 Å². The van der Waals surface area contributed by atoms with Gasteiger partial charge in [0.2, 0.25) is 11.9 Å². The number of carboxylic acids is 1. The van der Waals surface area contributed by atoms with Crippen LogP contribution in [0.1, 0.15) is 20.7 Å². The van der Waals surface area contributed by atoms with Crippen LogP contribution in [0.2, 0.25) is 0 Å². The van der Waals surface area contributed by atoms with Gasteiger partial charge >= 0.3 is 5.97 Å². The Balaban J connectivity index is 0.000000257. The Labute approximate surface area is 138 Å². The molecule has 0 fully saturated rings. The standard InChI is InChI=1S/C8H8F2N2O2.C6H3F2NO2/c1-12(14-2)8(13)6-3-5(9)4-11-7(6)10;7-3-1-4(6(10)11)5(8)9-2-3/h3-4H,1-2H3;1-2H,(H,10,11). The van der Waals surface area contributed by atoms with Gasteiger partial charge in [-0.3, -0.25) is 9.63 Å². The third-order valence-corrected chi connectivity index (χ3v) is 2.63. The molecule has 134 valence electrons. The molecule has 0 saturated carbocycles. The van der Waals surface area contributed by atoms with Gasteiger partial charge in [0.25, 0.3) is 5.91 Å². The van der Waals surface area contributed by atoms with Crippen molar-refractivity contribution in [3.8, 4) is 0 Å². The van der Waals surface area contributed by atoms with Crippen LogP contribution in [-0.2, 0) is 4.84 Å². The number of pyridine rings is 2. The Kier molecular flexibility index (Phi) is 6.93. The number of hydrogen-bond acceptors (Lipinski definition) is 5. The molecule has 2 aromatic rings. The molecule has 0 bridgehead atoms. The molecule has 0 aliphatic rings. The smallest absolute Gasteiger partial charge is 0.340 e. The lowest BCUT2D eigenvalue weighted by atomic mass is 10.2. The van der Waals surface area contributed by atoms with E-state index in [4.69, 9.17) is 5.11 Å². The summed E-state index contributed by atoms with van der Waals surface area (Å²) in [6.07, 6.45) is 1.31. The molecule has 2 heterocycles. The Morgan fingerprint density at radius 3 is 1.84 bits per heavy atom. The average molecular weight is 361 g/mol. The van der Waals surface area contributed by atoms with E-state index in [1.54, 1.807) is 0 Å². The zero-order valence-electron chi connectivity index (χ0n) is 12.8. The van der Waals surface area contributed by atoms with Gasteiger partial charge < -0.3 is 5.11 Å². The van der Waals surface area contributed by atoms with Crippen molar-refractivity contribution < 1.29 is 37.1 Å². The normalized spacial score (nSPS) is 9.84. The maximum Gasteiger partial charge on any atom is 0.340 e. The van der Waals surface area contributed by atoms with E-state index in [2.05, 4.69) is 14.8 Å². The number of hydroxylamine groups is 2. The first-order chi connectivity index (χ1) is 11.7. The van der Waals surface area contributed by atoms with E-state index in [0.29, 0.717) is 18.5 Å². The van der Waals surface area contributed by atoms with Crippen molar-refractivity contribution in [1.82, 2.24) is 15.0 Å². The molecule has 25 heavy (non-hydrogen) atoms. The zero-order chi connectivity index (χ0) is 19.1. The Hall–Kier alpha value is -3.08. The topological polar surface area (TPSA) is 92.6 Å². The molecule has 0 saturated heterocycles. The van der Waals surface area contributed by atoms with Gasteiger partial charge in [0.15, 0.2) is 0 Å². The van der Waals surface area contributed by atoms with Crippen molar-refractivity contribution in [2.45, 2.75) is 0 Å². The SMILES string of the molecule is CON(C)C(=O)c1cc(F)cnc1F.O=C(O)c1cc(F)cnc1F. The molecule has 7 nitrogen and oxygen atoms in total. The molecule has 0 radical (unpaired) electrons. The van der Waals surface area contributed by atoms with Crippen LogP contribution in [0.3, 0.4) is 0 Å². The number of amides is 1. The Morgan fingerprint density at radius 2 is 1.44 bits per heavy atom. The number of aromatic carboxylic acids is 1. The van der Waals surface area contributed by atoms with Crippen LogP contribution in [0.15, 0.2) is 24.5 Å². The van der Waals surface area contributed by atoms with E-state index in [1.807, 2.05) is 0 Å². The lowest BCUT2D eigenvalue weighted by Crippen LogP contribution is -2.26. The van der Waals surface area contributed by atoms with Gasteiger partial charge in [0.05, 0.1) is 25.1 Å². The fourth-order valence-electron chi connectivity index (χ4n) is 1.40. The molecule has 2 aromatic heterocycles. The van der Waals surface area contributed by atoms with Crippen LogP contribution >= 0.6 is 0 Å². The van der Waals surface area contributed by atoms with Crippen molar-refractivity contribution >= 4 is 11.9 Å². The first kappa shape index (κ1) is 20.0. The van der Waals surface area contributed by atoms with Crippen LogP contribution in [0.5, 0.6) is 0 Å². The number of nitrogens with zero attached hydrogens (tertiary/aromatic N) is 3. The summed E-state index contributed by atoms with van der Waals surface area (Å²) in [5, 5.41) is 9.02. The molecule has 1 amide bonds. The minimum atomic E-state index is -1.53. The van der Waals surface area contributed by atoms with Crippen LogP contribution < -0.4 is 0 Å². The molecule has 0 spiro atoms. The highest BCUT2D eigenvalue weighted by Gasteiger charge is 2.17. The van der Waals surface area contributed by atoms with Crippen molar-refractivity contribution in [3.05, 3.63) is 59.2 Å². The first-order valence-electron chi connectivity index (χ1n) is 6.35. The maximum atomic E-state index is 12.9.